The summed E-state index contributed by atoms with van der Waals surface area (Å²) in [6, 6.07) is 3.18. The minimum absolute atomic E-state index is 0.0940. The molecule has 0 aromatic heterocycles. The highest BCUT2D eigenvalue weighted by atomic mass is 35.5. The van der Waals surface area contributed by atoms with Crippen molar-refractivity contribution in [2.75, 3.05) is 19.6 Å². The Morgan fingerprint density at radius 3 is 2.84 bits per heavy atom. The van der Waals surface area contributed by atoms with Gasteiger partial charge in [-0.1, -0.05) is 35.4 Å². The molecule has 1 aromatic carbocycles. The van der Waals surface area contributed by atoms with Gasteiger partial charge in [0.05, 0.1) is 15.0 Å². The van der Waals surface area contributed by atoms with E-state index in [1.807, 2.05) is 0 Å². The van der Waals surface area contributed by atoms with E-state index in [2.05, 4.69) is 4.90 Å². The van der Waals surface area contributed by atoms with Crippen LogP contribution in [0.15, 0.2) is 12.1 Å². The topological polar surface area (TPSA) is 49.5 Å². The molecule has 3 N–H and O–H groups in total. The number of phenolic OH excluding ortho intramolecular Hbond substituents is 1. The van der Waals surface area contributed by atoms with Crippen LogP contribution in [0.3, 0.4) is 0 Å². The number of nitrogens with zero attached hydrogens (tertiary/aromatic N) is 1. The Bertz CT molecular complexity index is 496. The molecule has 104 valence electrons. The van der Waals surface area contributed by atoms with Crippen molar-refractivity contribution in [1.82, 2.24) is 4.90 Å². The molecule has 1 fully saturated rings. The predicted molar refractivity (Wildman–Crippen MR) is 83.3 cm³/mol. The van der Waals surface area contributed by atoms with Crippen molar-refractivity contribution in [2.45, 2.75) is 18.8 Å². The molecule has 1 heterocycles. The molecular weight excluding hydrogens is 303 g/mol. The van der Waals surface area contributed by atoms with E-state index < -0.39 is 0 Å². The van der Waals surface area contributed by atoms with Gasteiger partial charge in [-0.25, -0.2) is 0 Å². The lowest BCUT2D eigenvalue weighted by Crippen LogP contribution is -2.26. The number of hydrogen-bond acceptors (Lipinski definition) is 3. The van der Waals surface area contributed by atoms with E-state index in [1.165, 1.54) is 0 Å². The number of halogens is 2. The monoisotopic (exact) mass is 318 g/mol. The number of nitrogens with two attached hydrogens (primary N) is 1. The van der Waals surface area contributed by atoms with Crippen LogP contribution in [0, 0.1) is 0 Å². The van der Waals surface area contributed by atoms with Crippen LogP contribution in [0.2, 0.25) is 10.0 Å². The second-order valence-corrected chi connectivity index (χ2v) is 5.93. The average molecular weight is 319 g/mol. The maximum Gasteiger partial charge on any atom is 0.120 e. The largest absolute Gasteiger partial charge is 0.508 e. The summed E-state index contributed by atoms with van der Waals surface area (Å²) in [5, 5.41) is 10.9. The van der Waals surface area contributed by atoms with Gasteiger partial charge in [0.25, 0.3) is 0 Å². The van der Waals surface area contributed by atoms with E-state index in [9.17, 15) is 5.11 Å². The van der Waals surface area contributed by atoms with Gasteiger partial charge in [-0.3, -0.25) is 0 Å². The third-order valence-electron chi connectivity index (χ3n) is 3.36. The molecule has 3 nitrogen and oxygen atoms in total. The lowest BCUT2D eigenvalue weighted by molar-refractivity contribution is 0.422. The highest BCUT2D eigenvalue weighted by Crippen LogP contribution is 2.41. The molecular formula is C13H16Cl2N2OS. The van der Waals surface area contributed by atoms with Gasteiger partial charge in [-0.2, -0.15) is 0 Å². The van der Waals surface area contributed by atoms with Gasteiger partial charge in [0.1, 0.15) is 5.75 Å². The van der Waals surface area contributed by atoms with E-state index in [0.29, 0.717) is 28.6 Å². The normalized spacial score (nSPS) is 19.2. The predicted octanol–water partition coefficient (Wildman–Crippen LogP) is 3.16. The first kappa shape index (κ1) is 14.9. The highest BCUT2D eigenvalue weighted by Gasteiger charge is 2.31. The summed E-state index contributed by atoms with van der Waals surface area (Å²) in [6.45, 7) is 2.25. The van der Waals surface area contributed by atoms with Crippen molar-refractivity contribution in [3.63, 3.8) is 0 Å². The molecule has 1 aliphatic heterocycles. The molecule has 1 aromatic rings. The summed E-state index contributed by atoms with van der Waals surface area (Å²) < 4.78 is 0. The molecule has 0 amide bonds. The fourth-order valence-electron chi connectivity index (χ4n) is 2.41. The standard InChI is InChI=1S/C13H16Cl2N2OS/c14-9-2-3-10(18)12(13(9)15)8-6-11(19)17(7-8)5-1-4-16/h2-3,8,18H,1,4-7,16H2. The Balaban J connectivity index is 2.21. The fourth-order valence-corrected chi connectivity index (χ4v) is 3.25. The lowest BCUT2D eigenvalue weighted by atomic mass is 9.97. The van der Waals surface area contributed by atoms with E-state index >= 15 is 0 Å². The summed E-state index contributed by atoms with van der Waals surface area (Å²) >= 11 is 17.6. The summed E-state index contributed by atoms with van der Waals surface area (Å²) in [7, 11) is 0. The van der Waals surface area contributed by atoms with Gasteiger partial charge < -0.3 is 15.7 Å². The molecule has 1 saturated heterocycles. The first-order valence-electron chi connectivity index (χ1n) is 6.19. The van der Waals surface area contributed by atoms with E-state index in [0.717, 1.165) is 24.5 Å². The average Bonchev–Trinajstić information content (AvgIpc) is 2.73. The summed E-state index contributed by atoms with van der Waals surface area (Å²) in [5.41, 5.74) is 6.22. The molecule has 6 heteroatoms. The van der Waals surface area contributed by atoms with E-state index in [4.69, 9.17) is 41.2 Å². The number of benzene rings is 1. The van der Waals surface area contributed by atoms with Crippen LogP contribution in [-0.2, 0) is 0 Å². The number of hydrogen-bond donors (Lipinski definition) is 2. The minimum atomic E-state index is 0.0940. The minimum Gasteiger partial charge on any atom is -0.508 e. The Hall–Kier alpha value is -0.550. The van der Waals surface area contributed by atoms with Crippen LogP contribution < -0.4 is 5.73 Å². The zero-order valence-electron chi connectivity index (χ0n) is 10.4. The Morgan fingerprint density at radius 1 is 1.42 bits per heavy atom. The molecule has 1 atom stereocenters. The van der Waals surface area contributed by atoms with Crippen molar-refractivity contribution in [1.29, 1.82) is 0 Å². The summed E-state index contributed by atoms with van der Waals surface area (Å²) in [6.07, 6.45) is 1.62. The van der Waals surface area contributed by atoms with Crippen molar-refractivity contribution >= 4 is 40.4 Å². The van der Waals surface area contributed by atoms with Crippen LogP contribution >= 0.6 is 35.4 Å². The molecule has 19 heavy (non-hydrogen) atoms. The van der Waals surface area contributed by atoms with Crippen LogP contribution in [0.25, 0.3) is 0 Å². The number of rotatable bonds is 4. The van der Waals surface area contributed by atoms with Gasteiger partial charge in [0.2, 0.25) is 0 Å². The molecule has 2 rings (SSSR count). The third kappa shape index (κ3) is 3.14. The quantitative estimate of drug-likeness (QED) is 0.837. The zero-order chi connectivity index (χ0) is 14.0. The van der Waals surface area contributed by atoms with Crippen LogP contribution in [0.5, 0.6) is 5.75 Å². The van der Waals surface area contributed by atoms with Gasteiger partial charge in [0.15, 0.2) is 0 Å². The number of phenols is 1. The Labute approximate surface area is 128 Å². The SMILES string of the molecule is NCCCN1CC(c2c(O)ccc(Cl)c2Cl)CC1=S. The smallest absolute Gasteiger partial charge is 0.120 e. The van der Waals surface area contributed by atoms with E-state index in [-0.39, 0.29) is 11.7 Å². The van der Waals surface area contributed by atoms with Crippen LogP contribution in [0.1, 0.15) is 24.3 Å². The van der Waals surface area contributed by atoms with Crippen molar-refractivity contribution in [3.05, 3.63) is 27.7 Å². The number of thiocarbonyl (C=S) groups is 1. The maximum atomic E-state index is 10.00. The van der Waals surface area contributed by atoms with Gasteiger partial charge >= 0.3 is 0 Å². The van der Waals surface area contributed by atoms with Gasteiger partial charge in [0, 0.05) is 31.0 Å². The first-order valence-corrected chi connectivity index (χ1v) is 7.35. The molecule has 0 radical (unpaired) electrons. The summed E-state index contributed by atoms with van der Waals surface area (Å²) in [4.78, 5) is 3.03. The Morgan fingerprint density at radius 2 is 2.16 bits per heavy atom. The fraction of sp³-hybridized carbons (Fsp3) is 0.462. The summed E-state index contributed by atoms with van der Waals surface area (Å²) in [5.74, 6) is 0.277. The van der Waals surface area contributed by atoms with Crippen LogP contribution in [-0.4, -0.2) is 34.6 Å². The Kier molecular flexibility index (Phi) is 4.90. The van der Waals surface area contributed by atoms with Crippen molar-refractivity contribution < 1.29 is 5.11 Å². The highest BCUT2D eigenvalue weighted by molar-refractivity contribution is 7.80. The molecule has 0 spiro atoms. The van der Waals surface area contributed by atoms with Crippen molar-refractivity contribution in [2.24, 2.45) is 5.73 Å². The second-order valence-electron chi connectivity index (χ2n) is 4.68. The van der Waals surface area contributed by atoms with Gasteiger partial charge in [-0.05, 0) is 25.1 Å². The lowest BCUT2D eigenvalue weighted by Gasteiger charge is -2.19. The van der Waals surface area contributed by atoms with Gasteiger partial charge in [-0.15, -0.1) is 0 Å². The molecule has 1 unspecified atom stereocenters. The molecule has 0 saturated carbocycles. The number of likely N-dealkylation sites (tertiary alicyclic amines) is 1. The maximum absolute atomic E-state index is 10.00. The third-order valence-corrected chi connectivity index (χ3v) is 4.61. The molecule has 1 aliphatic rings. The zero-order valence-corrected chi connectivity index (χ0v) is 12.7. The number of aromatic hydroxyl groups is 1. The van der Waals surface area contributed by atoms with Crippen LogP contribution in [0.4, 0.5) is 0 Å². The molecule has 0 aliphatic carbocycles. The second kappa shape index (κ2) is 6.27. The van der Waals surface area contributed by atoms with E-state index in [1.54, 1.807) is 12.1 Å². The van der Waals surface area contributed by atoms with Crippen molar-refractivity contribution in [3.8, 4) is 5.75 Å². The first-order chi connectivity index (χ1) is 9.04. The molecule has 0 bridgehead atoms.